The molecule has 8 rings (SSSR count). The van der Waals surface area contributed by atoms with E-state index in [0.717, 1.165) is 38.7 Å². The summed E-state index contributed by atoms with van der Waals surface area (Å²) in [5.41, 5.74) is 5.16. The number of imide groups is 1. The van der Waals surface area contributed by atoms with Crippen LogP contribution in [0.3, 0.4) is 0 Å². The monoisotopic (exact) mass is 676 g/mol. The molecule has 2 saturated heterocycles. The average molecular weight is 677 g/mol. The van der Waals surface area contributed by atoms with Gasteiger partial charge in [0.1, 0.15) is 18.1 Å². The molecule has 8 nitrogen and oxygen atoms in total. The van der Waals surface area contributed by atoms with Gasteiger partial charge in [-0.25, -0.2) is 0 Å². The molecule has 3 heterocycles. The van der Waals surface area contributed by atoms with E-state index in [0.29, 0.717) is 30.7 Å². The number of allylic oxidation sites excluding steroid dienone is 1. The normalized spacial score (nSPS) is 21.9. The molecule has 1 aromatic heterocycles. The van der Waals surface area contributed by atoms with Crippen LogP contribution in [0.25, 0.3) is 22.4 Å². The van der Waals surface area contributed by atoms with Crippen molar-refractivity contribution in [2.45, 2.75) is 31.7 Å². The molecule has 2 aliphatic heterocycles. The molecule has 51 heavy (non-hydrogen) atoms. The Hall–Kier alpha value is -5.51. The number of aromatic nitrogens is 1. The second-order valence-electron chi connectivity index (χ2n) is 13.4. The summed E-state index contributed by atoms with van der Waals surface area (Å²) in [5.74, 6) is -1.08. The fourth-order valence-corrected chi connectivity index (χ4v) is 8.15. The van der Waals surface area contributed by atoms with Crippen LogP contribution in [0.2, 0.25) is 6.32 Å². The molecule has 0 saturated carbocycles. The van der Waals surface area contributed by atoms with Gasteiger partial charge in [-0.1, -0.05) is 72.8 Å². The summed E-state index contributed by atoms with van der Waals surface area (Å²) < 4.78 is 12.6. The standard InChI is InChI=1S/C42H37BN2O6/c46-37-20-18-27(32-15-7-8-16-33(32)37)23-28(36-17-9-10-22-44-36)19-21-38-39-29(26-50-31-13-5-2-6-14-31)24-34-40(35(39)25-43(49)51-38)42(48)45(41(34)47)30-11-3-1-4-12-30/h1-18,20,22-23,34-35,38,40,46,49H,19,21,24-26H2/b28-23-/t34-,35+,38-,40-/m1/s1. The third-order valence-corrected chi connectivity index (χ3v) is 10.4. The number of rotatable bonds is 9. The Kier molecular flexibility index (Phi) is 8.98. The lowest BCUT2D eigenvalue weighted by atomic mass is 9.58. The van der Waals surface area contributed by atoms with Gasteiger partial charge in [0.25, 0.3) is 0 Å². The lowest BCUT2D eigenvalue weighted by molar-refractivity contribution is -0.122. The predicted octanol–water partition coefficient (Wildman–Crippen LogP) is 7.34. The van der Waals surface area contributed by atoms with Crippen molar-refractivity contribution in [3.63, 3.8) is 0 Å². The highest BCUT2D eigenvalue weighted by atomic mass is 16.5. The van der Waals surface area contributed by atoms with E-state index in [-0.39, 0.29) is 36.4 Å². The van der Waals surface area contributed by atoms with Crippen LogP contribution in [-0.4, -0.2) is 46.8 Å². The first-order valence-corrected chi connectivity index (χ1v) is 17.4. The molecule has 0 radical (unpaired) electrons. The van der Waals surface area contributed by atoms with Gasteiger partial charge < -0.3 is 19.5 Å². The summed E-state index contributed by atoms with van der Waals surface area (Å²) in [4.78, 5) is 34.2. The molecule has 0 bridgehead atoms. The molecular formula is C42H37BN2O6. The minimum atomic E-state index is -1.10. The zero-order valence-corrected chi connectivity index (χ0v) is 28.0. The van der Waals surface area contributed by atoms with Crippen molar-refractivity contribution < 1.29 is 29.1 Å². The number of anilines is 1. The third kappa shape index (κ3) is 6.35. The van der Waals surface area contributed by atoms with Crippen molar-refractivity contribution >= 4 is 47.0 Å². The molecule has 2 N–H and O–H groups in total. The Morgan fingerprint density at radius 1 is 0.863 bits per heavy atom. The van der Waals surface area contributed by atoms with Crippen LogP contribution in [0, 0.1) is 17.8 Å². The number of hydrogen-bond donors (Lipinski definition) is 2. The molecule has 4 aromatic carbocycles. The van der Waals surface area contributed by atoms with Gasteiger partial charge in [-0.3, -0.25) is 19.5 Å². The summed E-state index contributed by atoms with van der Waals surface area (Å²) in [6.07, 6.45) is 4.97. The van der Waals surface area contributed by atoms with E-state index in [1.165, 1.54) is 4.90 Å². The largest absolute Gasteiger partial charge is 0.507 e. The first kappa shape index (κ1) is 32.7. The second-order valence-corrected chi connectivity index (χ2v) is 13.4. The van der Waals surface area contributed by atoms with E-state index in [9.17, 15) is 19.7 Å². The number of hydrogen-bond acceptors (Lipinski definition) is 7. The number of fused-ring (bicyclic) bond motifs is 4. The van der Waals surface area contributed by atoms with E-state index in [4.69, 9.17) is 9.39 Å². The zero-order chi connectivity index (χ0) is 34.9. The van der Waals surface area contributed by atoms with Gasteiger partial charge in [0.15, 0.2) is 0 Å². The van der Waals surface area contributed by atoms with E-state index in [1.54, 1.807) is 24.4 Å². The number of phenols is 1. The van der Waals surface area contributed by atoms with E-state index < -0.39 is 25.1 Å². The smallest absolute Gasteiger partial charge is 0.455 e. The molecule has 5 aromatic rings. The minimum Gasteiger partial charge on any atom is -0.507 e. The molecule has 2 fully saturated rings. The van der Waals surface area contributed by atoms with Gasteiger partial charge in [0, 0.05) is 11.6 Å². The zero-order valence-electron chi connectivity index (χ0n) is 28.0. The molecule has 4 atom stereocenters. The summed E-state index contributed by atoms with van der Waals surface area (Å²) >= 11 is 0. The molecule has 254 valence electrons. The number of nitrogens with zero attached hydrogens (tertiary/aromatic N) is 2. The fourth-order valence-electron chi connectivity index (χ4n) is 8.15. The van der Waals surface area contributed by atoms with E-state index in [1.807, 2.05) is 97.1 Å². The Bertz CT molecular complexity index is 2140. The highest BCUT2D eigenvalue weighted by Crippen LogP contribution is 2.51. The van der Waals surface area contributed by atoms with Crippen molar-refractivity contribution in [3.8, 4) is 11.5 Å². The highest BCUT2D eigenvalue weighted by molar-refractivity contribution is 6.43. The van der Waals surface area contributed by atoms with Crippen LogP contribution in [-0.2, 0) is 14.2 Å². The van der Waals surface area contributed by atoms with E-state index >= 15 is 0 Å². The number of pyridine rings is 1. The molecule has 2 amide bonds. The van der Waals surface area contributed by atoms with Crippen molar-refractivity contribution in [2.24, 2.45) is 17.8 Å². The first-order valence-electron chi connectivity index (χ1n) is 17.4. The topological polar surface area (TPSA) is 109 Å². The number of benzene rings is 4. The molecule has 9 heteroatoms. The SMILES string of the molecule is O=C1[C@@H]2[C@@H](CC(COc3ccccc3)=C3[C@@H](CC/C(=C/c4ccc(O)c5ccccc45)c4ccccn4)OB(O)C[C@@H]32)C(=O)N1c1ccccc1. The Morgan fingerprint density at radius 2 is 1.59 bits per heavy atom. The van der Waals surface area contributed by atoms with Gasteiger partial charge in [0.05, 0.1) is 29.3 Å². The number of aromatic hydroxyl groups is 1. The van der Waals surface area contributed by atoms with Gasteiger partial charge in [-0.2, -0.15) is 0 Å². The molecule has 0 spiro atoms. The number of carbonyl (C=O) groups is 2. The highest BCUT2D eigenvalue weighted by Gasteiger charge is 2.57. The van der Waals surface area contributed by atoms with Crippen molar-refractivity contribution in [3.05, 3.63) is 144 Å². The fraction of sp³-hybridized carbons (Fsp3) is 0.214. The molecule has 3 aliphatic rings. The summed E-state index contributed by atoms with van der Waals surface area (Å²) in [6, 6.07) is 35.8. The Labute approximate surface area is 296 Å². The Morgan fingerprint density at radius 3 is 2.35 bits per heavy atom. The lowest BCUT2D eigenvalue weighted by Crippen LogP contribution is -2.46. The predicted molar refractivity (Wildman–Crippen MR) is 198 cm³/mol. The van der Waals surface area contributed by atoms with Crippen molar-refractivity contribution in [1.82, 2.24) is 4.98 Å². The van der Waals surface area contributed by atoms with Crippen LogP contribution in [0.4, 0.5) is 5.69 Å². The van der Waals surface area contributed by atoms with Crippen LogP contribution < -0.4 is 9.64 Å². The van der Waals surface area contributed by atoms with Crippen LogP contribution in [0.5, 0.6) is 11.5 Å². The van der Waals surface area contributed by atoms with Crippen molar-refractivity contribution in [2.75, 3.05) is 11.5 Å². The summed E-state index contributed by atoms with van der Waals surface area (Å²) in [6.45, 7) is 0.240. The number of phenolic OH excluding ortho intramolecular Hbond substituents is 1. The molecule has 0 unspecified atom stereocenters. The molecular weight excluding hydrogens is 639 g/mol. The average Bonchev–Trinajstić information content (AvgIpc) is 3.42. The van der Waals surface area contributed by atoms with Crippen LogP contribution >= 0.6 is 0 Å². The minimum absolute atomic E-state index is 0.214. The van der Waals surface area contributed by atoms with Crippen molar-refractivity contribution in [1.29, 1.82) is 0 Å². The van der Waals surface area contributed by atoms with Gasteiger partial charge in [-0.15, -0.1) is 0 Å². The molecule has 1 aliphatic carbocycles. The lowest BCUT2D eigenvalue weighted by Gasteiger charge is -2.43. The first-order chi connectivity index (χ1) is 25.0. The summed E-state index contributed by atoms with van der Waals surface area (Å²) in [7, 11) is -1.10. The third-order valence-electron chi connectivity index (χ3n) is 10.4. The maximum atomic E-state index is 14.2. The number of para-hydroxylation sites is 2. The van der Waals surface area contributed by atoms with Gasteiger partial charge >= 0.3 is 7.12 Å². The maximum absolute atomic E-state index is 14.2. The Balaban J connectivity index is 1.16. The van der Waals surface area contributed by atoms with E-state index in [2.05, 4.69) is 11.1 Å². The van der Waals surface area contributed by atoms with Gasteiger partial charge in [0.2, 0.25) is 11.8 Å². The number of ether oxygens (including phenoxy) is 1. The quantitative estimate of drug-likeness (QED) is 0.0956. The van der Waals surface area contributed by atoms with Crippen LogP contribution in [0.1, 0.15) is 30.5 Å². The van der Waals surface area contributed by atoms with Gasteiger partial charge in [-0.05, 0) is 108 Å². The second kappa shape index (κ2) is 14.0. The summed E-state index contributed by atoms with van der Waals surface area (Å²) in [5, 5.41) is 23.4. The number of carbonyl (C=O) groups excluding carboxylic acids is 2. The maximum Gasteiger partial charge on any atom is 0.455 e. The van der Waals surface area contributed by atoms with Crippen LogP contribution in [0.15, 0.2) is 133 Å². The number of amides is 2.